The summed E-state index contributed by atoms with van der Waals surface area (Å²) in [5, 5.41) is 6.13. The highest BCUT2D eigenvalue weighted by molar-refractivity contribution is 5.88. The van der Waals surface area contributed by atoms with Gasteiger partial charge in [0.15, 0.2) is 0 Å². The number of hydrogen-bond acceptors (Lipinski definition) is 3. The van der Waals surface area contributed by atoms with Gasteiger partial charge in [0.25, 0.3) is 0 Å². The second-order valence-corrected chi connectivity index (χ2v) is 6.92. The maximum Gasteiger partial charge on any atom is 0.245 e. The van der Waals surface area contributed by atoms with Crippen molar-refractivity contribution in [1.82, 2.24) is 15.5 Å². The Hall–Kier alpha value is -1.88. The van der Waals surface area contributed by atoms with Gasteiger partial charge in [0, 0.05) is 19.5 Å². The van der Waals surface area contributed by atoms with E-state index in [2.05, 4.69) is 10.6 Å². The fourth-order valence-electron chi connectivity index (χ4n) is 3.16. The third kappa shape index (κ3) is 5.06. The third-order valence-corrected chi connectivity index (χ3v) is 4.75. The second-order valence-electron chi connectivity index (χ2n) is 6.92. The average Bonchev–Trinajstić information content (AvgIpc) is 3.25. The normalized spacial score (nSPS) is 18.4. The predicted octanol–water partition coefficient (Wildman–Crippen LogP) is 1.34. The average molecular weight is 329 g/mol. The summed E-state index contributed by atoms with van der Waals surface area (Å²) in [6.07, 6.45) is 5.18. The van der Waals surface area contributed by atoms with Gasteiger partial charge in [0.05, 0.1) is 6.54 Å². The van der Waals surface area contributed by atoms with Crippen LogP contribution in [0.5, 0.6) is 0 Å². The number of rotatable bonds is 8. The van der Waals surface area contributed by atoms with Crippen molar-refractivity contribution >= 4 is 11.8 Å². The van der Waals surface area contributed by atoms with E-state index in [4.69, 9.17) is 0 Å². The van der Waals surface area contributed by atoms with Gasteiger partial charge in [-0.2, -0.15) is 0 Å². The second kappa shape index (κ2) is 8.29. The number of nitrogens with zero attached hydrogens (tertiary/aromatic N) is 1. The number of nitrogens with one attached hydrogen (secondary N) is 2. The molecular formula is C19H27N3O2. The standard InChI is InChI=1S/C19H27N3O2/c23-18(14-20-13-16-8-9-16)21-17(12-15-6-2-1-3-7-15)19(24)22-10-4-5-11-22/h1-3,6-7,16-17,20H,4-5,8-14H2,(H,21,23). The number of hydrogen-bond donors (Lipinski definition) is 2. The van der Waals surface area contributed by atoms with Crippen LogP contribution in [-0.4, -0.2) is 48.9 Å². The molecule has 2 aliphatic rings. The largest absolute Gasteiger partial charge is 0.343 e. The molecule has 5 nitrogen and oxygen atoms in total. The number of carbonyl (C=O) groups is 2. The minimum absolute atomic E-state index is 0.0481. The van der Waals surface area contributed by atoms with Crippen molar-refractivity contribution in [2.45, 2.75) is 38.1 Å². The Bertz CT molecular complexity index is 551. The summed E-state index contributed by atoms with van der Waals surface area (Å²) in [5.41, 5.74) is 1.07. The van der Waals surface area contributed by atoms with Crippen LogP contribution in [0, 0.1) is 5.92 Å². The first-order valence-corrected chi connectivity index (χ1v) is 9.05. The molecular weight excluding hydrogens is 302 g/mol. The van der Waals surface area contributed by atoms with Crippen LogP contribution in [0.4, 0.5) is 0 Å². The zero-order valence-electron chi connectivity index (χ0n) is 14.2. The molecule has 0 bridgehead atoms. The Morgan fingerprint density at radius 3 is 2.50 bits per heavy atom. The molecule has 1 unspecified atom stereocenters. The van der Waals surface area contributed by atoms with Crippen molar-refractivity contribution < 1.29 is 9.59 Å². The molecule has 1 saturated carbocycles. The fraction of sp³-hybridized carbons (Fsp3) is 0.579. The van der Waals surface area contributed by atoms with Crippen molar-refractivity contribution in [2.75, 3.05) is 26.2 Å². The Kier molecular flexibility index (Phi) is 5.86. The van der Waals surface area contributed by atoms with E-state index >= 15 is 0 Å². The lowest BCUT2D eigenvalue weighted by molar-refractivity contribution is -0.135. The Balaban J connectivity index is 1.57. The molecule has 2 N–H and O–H groups in total. The summed E-state index contributed by atoms with van der Waals surface area (Å²) < 4.78 is 0. The number of amides is 2. The molecule has 1 atom stereocenters. The molecule has 1 saturated heterocycles. The molecule has 1 aromatic rings. The van der Waals surface area contributed by atoms with Gasteiger partial charge in [-0.05, 0) is 43.7 Å². The van der Waals surface area contributed by atoms with E-state index in [1.165, 1.54) is 12.8 Å². The summed E-state index contributed by atoms with van der Waals surface area (Å²) in [7, 11) is 0. The lowest BCUT2D eigenvalue weighted by Gasteiger charge is -2.24. The number of benzene rings is 1. The van der Waals surface area contributed by atoms with Crippen LogP contribution in [-0.2, 0) is 16.0 Å². The topological polar surface area (TPSA) is 61.4 Å². The summed E-state index contributed by atoms with van der Waals surface area (Å²) in [4.78, 5) is 26.9. The highest BCUT2D eigenvalue weighted by Crippen LogP contribution is 2.27. The van der Waals surface area contributed by atoms with E-state index in [1.807, 2.05) is 35.2 Å². The number of carbonyl (C=O) groups excluding carboxylic acids is 2. The summed E-state index contributed by atoms with van der Waals surface area (Å²) in [6.45, 7) is 2.80. The van der Waals surface area contributed by atoms with Crippen molar-refractivity contribution in [3.63, 3.8) is 0 Å². The van der Waals surface area contributed by atoms with Crippen molar-refractivity contribution in [3.8, 4) is 0 Å². The molecule has 24 heavy (non-hydrogen) atoms. The van der Waals surface area contributed by atoms with Crippen LogP contribution in [0.2, 0.25) is 0 Å². The van der Waals surface area contributed by atoms with Gasteiger partial charge in [-0.3, -0.25) is 9.59 Å². The highest BCUT2D eigenvalue weighted by Gasteiger charge is 2.28. The molecule has 5 heteroatoms. The monoisotopic (exact) mass is 329 g/mol. The van der Waals surface area contributed by atoms with E-state index < -0.39 is 6.04 Å². The van der Waals surface area contributed by atoms with Gasteiger partial charge in [0.1, 0.15) is 6.04 Å². The third-order valence-electron chi connectivity index (χ3n) is 4.75. The Labute approximate surface area is 143 Å². The number of likely N-dealkylation sites (tertiary alicyclic amines) is 1. The highest BCUT2D eigenvalue weighted by atomic mass is 16.2. The zero-order valence-corrected chi connectivity index (χ0v) is 14.2. The quantitative estimate of drug-likeness (QED) is 0.756. The van der Waals surface area contributed by atoms with Crippen molar-refractivity contribution in [2.24, 2.45) is 5.92 Å². The Morgan fingerprint density at radius 2 is 1.83 bits per heavy atom. The minimum Gasteiger partial charge on any atom is -0.343 e. The summed E-state index contributed by atoms with van der Waals surface area (Å²) in [5.74, 6) is 0.695. The fourth-order valence-corrected chi connectivity index (χ4v) is 3.16. The molecule has 2 fully saturated rings. The Morgan fingerprint density at radius 1 is 1.12 bits per heavy atom. The van der Waals surface area contributed by atoms with Gasteiger partial charge in [-0.15, -0.1) is 0 Å². The van der Waals surface area contributed by atoms with Crippen LogP contribution >= 0.6 is 0 Å². The van der Waals surface area contributed by atoms with E-state index in [9.17, 15) is 9.59 Å². The van der Waals surface area contributed by atoms with Crippen LogP contribution in [0.1, 0.15) is 31.2 Å². The van der Waals surface area contributed by atoms with Gasteiger partial charge in [0.2, 0.25) is 11.8 Å². The lowest BCUT2D eigenvalue weighted by atomic mass is 10.0. The van der Waals surface area contributed by atoms with E-state index in [0.29, 0.717) is 6.42 Å². The van der Waals surface area contributed by atoms with Gasteiger partial charge in [-0.25, -0.2) is 0 Å². The van der Waals surface area contributed by atoms with Crippen LogP contribution in [0.15, 0.2) is 30.3 Å². The first-order valence-electron chi connectivity index (χ1n) is 9.05. The molecule has 2 amide bonds. The summed E-state index contributed by atoms with van der Waals surface area (Å²) >= 11 is 0. The first kappa shape index (κ1) is 17.0. The van der Waals surface area contributed by atoms with Crippen LogP contribution < -0.4 is 10.6 Å². The van der Waals surface area contributed by atoms with Gasteiger partial charge in [-0.1, -0.05) is 30.3 Å². The molecule has 1 aliphatic carbocycles. The molecule has 3 rings (SSSR count). The molecule has 130 valence electrons. The lowest BCUT2D eigenvalue weighted by Crippen LogP contribution is -2.50. The minimum atomic E-state index is -0.472. The molecule has 0 radical (unpaired) electrons. The van der Waals surface area contributed by atoms with E-state index in [1.54, 1.807) is 0 Å². The smallest absolute Gasteiger partial charge is 0.245 e. The maximum absolute atomic E-state index is 12.8. The van der Waals surface area contributed by atoms with Crippen LogP contribution in [0.25, 0.3) is 0 Å². The molecule has 0 aromatic heterocycles. The maximum atomic E-state index is 12.8. The zero-order chi connectivity index (χ0) is 16.8. The van der Waals surface area contributed by atoms with Gasteiger partial charge >= 0.3 is 0 Å². The SMILES string of the molecule is O=C(CNCC1CC1)NC(Cc1ccccc1)C(=O)N1CCCC1. The van der Waals surface area contributed by atoms with Crippen LogP contribution in [0.3, 0.4) is 0 Å². The predicted molar refractivity (Wildman–Crippen MR) is 93.5 cm³/mol. The molecule has 0 spiro atoms. The van der Waals surface area contributed by atoms with E-state index in [-0.39, 0.29) is 18.4 Å². The van der Waals surface area contributed by atoms with Gasteiger partial charge < -0.3 is 15.5 Å². The van der Waals surface area contributed by atoms with E-state index in [0.717, 1.165) is 44.0 Å². The van der Waals surface area contributed by atoms with Crippen molar-refractivity contribution in [3.05, 3.63) is 35.9 Å². The first-order chi connectivity index (χ1) is 11.7. The summed E-state index contributed by atoms with van der Waals surface area (Å²) in [6, 6.07) is 9.42. The van der Waals surface area contributed by atoms with Crippen molar-refractivity contribution in [1.29, 1.82) is 0 Å². The molecule has 1 aromatic carbocycles. The molecule has 1 aliphatic heterocycles. The molecule has 1 heterocycles.